The van der Waals surface area contributed by atoms with Gasteiger partial charge in [0.1, 0.15) is 12.7 Å². The molecular formula is C22H27NO4. The summed E-state index contributed by atoms with van der Waals surface area (Å²) < 4.78 is 23.1. The van der Waals surface area contributed by atoms with Gasteiger partial charge in [-0.2, -0.15) is 0 Å². The van der Waals surface area contributed by atoms with Crippen LogP contribution in [0.25, 0.3) is 0 Å². The fraction of sp³-hybridized carbons (Fsp3) is 0.455. The summed E-state index contributed by atoms with van der Waals surface area (Å²) >= 11 is 0. The summed E-state index contributed by atoms with van der Waals surface area (Å²) in [6, 6.07) is 14.1. The van der Waals surface area contributed by atoms with E-state index < -0.39 is 0 Å². The molecule has 0 saturated heterocycles. The van der Waals surface area contributed by atoms with E-state index in [0.717, 1.165) is 75.0 Å². The average Bonchev–Trinajstić information content (AvgIpc) is 2.95. The second-order valence-electron chi connectivity index (χ2n) is 6.99. The van der Waals surface area contributed by atoms with Gasteiger partial charge in [-0.1, -0.05) is 18.2 Å². The van der Waals surface area contributed by atoms with Crippen LogP contribution < -0.4 is 24.3 Å². The van der Waals surface area contributed by atoms with Crippen LogP contribution in [0.3, 0.4) is 0 Å². The van der Waals surface area contributed by atoms with E-state index in [-0.39, 0.29) is 6.10 Å². The number of unbranched alkanes of at least 4 members (excludes halogenated alkanes) is 1. The first kappa shape index (κ1) is 18.0. The van der Waals surface area contributed by atoms with Crippen molar-refractivity contribution in [2.45, 2.75) is 31.8 Å². The lowest BCUT2D eigenvalue weighted by atomic mass is 10.1. The van der Waals surface area contributed by atoms with Gasteiger partial charge in [-0.25, -0.2) is 0 Å². The van der Waals surface area contributed by atoms with Crippen LogP contribution >= 0.6 is 0 Å². The Bertz CT molecular complexity index is 749. The topological polar surface area (TPSA) is 49.0 Å². The van der Waals surface area contributed by atoms with Crippen LogP contribution in [0.15, 0.2) is 42.5 Å². The third-order valence-corrected chi connectivity index (χ3v) is 4.82. The molecule has 0 amide bonds. The summed E-state index contributed by atoms with van der Waals surface area (Å²) in [5.74, 6) is 3.43. The molecule has 0 radical (unpaired) electrons. The summed E-state index contributed by atoms with van der Waals surface area (Å²) in [5, 5.41) is 3.48. The molecule has 1 unspecified atom stereocenters. The Kier molecular flexibility index (Phi) is 5.99. The minimum atomic E-state index is 0.0710. The maximum atomic E-state index is 5.96. The molecule has 2 aromatic rings. The van der Waals surface area contributed by atoms with Crippen molar-refractivity contribution in [2.24, 2.45) is 0 Å². The third kappa shape index (κ3) is 4.86. The molecule has 2 aliphatic rings. The van der Waals surface area contributed by atoms with Gasteiger partial charge in [0.05, 0.1) is 13.2 Å². The van der Waals surface area contributed by atoms with E-state index in [2.05, 4.69) is 17.4 Å². The van der Waals surface area contributed by atoms with Crippen molar-refractivity contribution in [3.63, 3.8) is 0 Å². The average molecular weight is 369 g/mol. The van der Waals surface area contributed by atoms with Gasteiger partial charge in [-0.15, -0.1) is 0 Å². The Labute approximate surface area is 160 Å². The molecule has 0 fully saturated rings. The van der Waals surface area contributed by atoms with E-state index in [1.165, 1.54) is 5.56 Å². The molecule has 4 rings (SSSR count). The lowest BCUT2D eigenvalue weighted by molar-refractivity contribution is 0.0905. The molecule has 0 saturated carbocycles. The summed E-state index contributed by atoms with van der Waals surface area (Å²) in [5.41, 5.74) is 1.31. The minimum Gasteiger partial charge on any atom is -0.490 e. The number of benzene rings is 2. The van der Waals surface area contributed by atoms with E-state index in [0.29, 0.717) is 6.61 Å². The molecule has 0 bridgehead atoms. The quantitative estimate of drug-likeness (QED) is 0.756. The number of hydrogen-bond donors (Lipinski definition) is 1. The molecule has 5 nitrogen and oxygen atoms in total. The van der Waals surface area contributed by atoms with E-state index in [1.54, 1.807) is 0 Å². The van der Waals surface area contributed by atoms with Gasteiger partial charge in [0, 0.05) is 13.0 Å². The largest absolute Gasteiger partial charge is 0.490 e. The molecule has 0 aliphatic carbocycles. The zero-order valence-corrected chi connectivity index (χ0v) is 15.6. The monoisotopic (exact) mass is 369 g/mol. The Balaban J connectivity index is 1.14. The van der Waals surface area contributed by atoms with Gasteiger partial charge in [-0.3, -0.25) is 0 Å². The highest BCUT2D eigenvalue weighted by Gasteiger charge is 2.19. The van der Waals surface area contributed by atoms with Crippen molar-refractivity contribution in [1.82, 2.24) is 5.32 Å². The van der Waals surface area contributed by atoms with Crippen molar-refractivity contribution < 1.29 is 18.9 Å². The van der Waals surface area contributed by atoms with Crippen LogP contribution in [0.5, 0.6) is 23.0 Å². The summed E-state index contributed by atoms with van der Waals surface area (Å²) in [6.07, 6.45) is 4.32. The molecule has 2 aromatic carbocycles. The van der Waals surface area contributed by atoms with Crippen LogP contribution in [0.4, 0.5) is 0 Å². The first-order valence-electron chi connectivity index (χ1n) is 9.86. The summed E-state index contributed by atoms with van der Waals surface area (Å²) in [7, 11) is 0. The summed E-state index contributed by atoms with van der Waals surface area (Å²) in [6.45, 7) is 3.85. The van der Waals surface area contributed by atoms with Crippen molar-refractivity contribution in [3.05, 3.63) is 48.0 Å². The summed E-state index contributed by atoms with van der Waals surface area (Å²) in [4.78, 5) is 0. The highest BCUT2D eigenvalue weighted by molar-refractivity contribution is 5.43. The Hall–Kier alpha value is -2.40. The fourth-order valence-electron chi connectivity index (χ4n) is 3.37. The highest BCUT2D eigenvalue weighted by Crippen LogP contribution is 2.31. The zero-order valence-electron chi connectivity index (χ0n) is 15.6. The number of hydrogen-bond acceptors (Lipinski definition) is 5. The second-order valence-corrected chi connectivity index (χ2v) is 6.99. The number of fused-ring (bicyclic) bond motifs is 2. The van der Waals surface area contributed by atoms with Crippen LogP contribution in [-0.2, 0) is 6.42 Å². The molecule has 0 aromatic heterocycles. The predicted molar refractivity (Wildman–Crippen MR) is 104 cm³/mol. The number of rotatable bonds is 7. The highest BCUT2D eigenvalue weighted by atomic mass is 16.6. The predicted octanol–water partition coefficient (Wildman–Crippen LogP) is 3.60. The SMILES string of the molecule is c1ccc2c(c1)OCC(CNCCCCc1ccc3c(c1)OCCCO3)O2. The molecule has 5 heteroatoms. The molecule has 27 heavy (non-hydrogen) atoms. The van der Waals surface area contributed by atoms with Crippen LogP contribution in [-0.4, -0.2) is 39.0 Å². The van der Waals surface area contributed by atoms with Crippen molar-refractivity contribution in [2.75, 3.05) is 32.9 Å². The zero-order chi connectivity index (χ0) is 18.3. The molecular weight excluding hydrogens is 342 g/mol. The molecule has 2 heterocycles. The maximum Gasteiger partial charge on any atom is 0.161 e. The first-order chi connectivity index (χ1) is 13.4. The smallest absolute Gasteiger partial charge is 0.161 e. The third-order valence-electron chi connectivity index (χ3n) is 4.82. The van der Waals surface area contributed by atoms with Gasteiger partial charge in [0.15, 0.2) is 23.0 Å². The van der Waals surface area contributed by atoms with E-state index >= 15 is 0 Å². The van der Waals surface area contributed by atoms with Crippen molar-refractivity contribution >= 4 is 0 Å². The number of aryl methyl sites for hydroxylation is 1. The Morgan fingerprint density at radius 3 is 2.59 bits per heavy atom. The number of para-hydroxylation sites is 2. The molecule has 144 valence electrons. The first-order valence-corrected chi connectivity index (χ1v) is 9.86. The van der Waals surface area contributed by atoms with Gasteiger partial charge in [0.2, 0.25) is 0 Å². The minimum absolute atomic E-state index is 0.0710. The fourth-order valence-corrected chi connectivity index (χ4v) is 3.37. The Morgan fingerprint density at radius 2 is 1.67 bits per heavy atom. The lowest BCUT2D eigenvalue weighted by Gasteiger charge is -2.26. The molecule has 2 aliphatic heterocycles. The van der Waals surface area contributed by atoms with Crippen LogP contribution in [0.1, 0.15) is 24.8 Å². The van der Waals surface area contributed by atoms with Crippen molar-refractivity contribution in [3.8, 4) is 23.0 Å². The van der Waals surface area contributed by atoms with Gasteiger partial charge >= 0.3 is 0 Å². The normalized spacial score (nSPS) is 18.0. The Morgan fingerprint density at radius 1 is 0.852 bits per heavy atom. The number of nitrogens with one attached hydrogen (secondary N) is 1. The van der Waals surface area contributed by atoms with Gasteiger partial charge < -0.3 is 24.3 Å². The van der Waals surface area contributed by atoms with Gasteiger partial charge in [-0.05, 0) is 55.6 Å². The van der Waals surface area contributed by atoms with Gasteiger partial charge in [0.25, 0.3) is 0 Å². The molecule has 0 spiro atoms. The van der Waals surface area contributed by atoms with E-state index in [4.69, 9.17) is 18.9 Å². The van der Waals surface area contributed by atoms with E-state index in [9.17, 15) is 0 Å². The molecule has 1 atom stereocenters. The number of ether oxygens (including phenoxy) is 4. The second kappa shape index (κ2) is 9.00. The molecule has 1 N–H and O–H groups in total. The van der Waals surface area contributed by atoms with Crippen LogP contribution in [0.2, 0.25) is 0 Å². The standard InChI is InChI=1S/C22H27NO4/c1-2-8-21-19(7-1)26-16-18(27-21)15-23-11-4-3-6-17-9-10-20-22(14-17)25-13-5-12-24-20/h1-2,7-10,14,18,23H,3-6,11-13,15-16H2. The maximum absolute atomic E-state index is 5.96. The lowest BCUT2D eigenvalue weighted by Crippen LogP contribution is -2.38. The van der Waals surface area contributed by atoms with E-state index in [1.807, 2.05) is 30.3 Å². The van der Waals surface area contributed by atoms with Crippen LogP contribution in [0, 0.1) is 0 Å². The van der Waals surface area contributed by atoms with Crippen molar-refractivity contribution in [1.29, 1.82) is 0 Å².